The molecule has 0 radical (unpaired) electrons. The molecule has 1 aliphatic rings. The Kier molecular flexibility index (Phi) is 8.14. The quantitative estimate of drug-likeness (QED) is 0.504. The Bertz CT molecular complexity index is 942. The second-order valence-electron chi connectivity index (χ2n) is 8.56. The van der Waals surface area contributed by atoms with E-state index in [4.69, 9.17) is 4.74 Å². The molecule has 1 unspecified atom stereocenters. The number of likely N-dealkylation sites (tertiary alicyclic amines) is 1. The predicted molar refractivity (Wildman–Crippen MR) is 119 cm³/mol. The maximum absolute atomic E-state index is 12.9. The van der Waals surface area contributed by atoms with Gasteiger partial charge >= 0.3 is 6.18 Å². The number of aliphatic hydroxyl groups excluding tert-OH is 1. The lowest BCUT2D eigenvalue weighted by atomic mass is 10.0. The van der Waals surface area contributed by atoms with Crippen molar-refractivity contribution in [2.24, 2.45) is 5.92 Å². The number of aromatic hydroxyl groups is 1. The van der Waals surface area contributed by atoms with E-state index < -0.39 is 23.8 Å². The van der Waals surface area contributed by atoms with E-state index in [2.05, 4.69) is 20.4 Å². The van der Waals surface area contributed by atoms with Gasteiger partial charge in [-0.3, -0.25) is 0 Å². The maximum Gasteiger partial charge on any atom is 0.416 e. The number of rotatable bonds is 8. The minimum absolute atomic E-state index is 0.0126. The number of nitrogens with one attached hydrogen (secondary N) is 1. The Morgan fingerprint density at radius 3 is 2.67 bits per heavy atom. The highest BCUT2D eigenvalue weighted by molar-refractivity contribution is 5.70. The van der Waals surface area contributed by atoms with Crippen molar-refractivity contribution in [2.75, 3.05) is 31.6 Å². The maximum atomic E-state index is 12.9. The van der Waals surface area contributed by atoms with Crippen molar-refractivity contribution in [3.05, 3.63) is 35.4 Å². The molecular weight excluding hydrogens is 437 g/mol. The Labute approximate surface area is 191 Å². The van der Waals surface area contributed by atoms with Gasteiger partial charge in [0, 0.05) is 37.2 Å². The van der Waals surface area contributed by atoms with E-state index >= 15 is 0 Å². The van der Waals surface area contributed by atoms with Crippen LogP contribution in [0.2, 0.25) is 0 Å². The number of nitrogens with zero attached hydrogens (tertiary/aromatic N) is 3. The van der Waals surface area contributed by atoms with Crippen LogP contribution in [0.3, 0.4) is 0 Å². The third kappa shape index (κ3) is 6.55. The summed E-state index contributed by atoms with van der Waals surface area (Å²) in [5.74, 6) is 0.0625. The van der Waals surface area contributed by atoms with Gasteiger partial charge < -0.3 is 25.2 Å². The molecule has 0 aliphatic carbocycles. The molecule has 7 nitrogen and oxygen atoms in total. The fourth-order valence-corrected chi connectivity index (χ4v) is 4.11. The van der Waals surface area contributed by atoms with E-state index in [0.29, 0.717) is 29.7 Å². The molecule has 1 aromatic heterocycles. The van der Waals surface area contributed by atoms with E-state index in [9.17, 15) is 23.4 Å². The number of ether oxygens (including phenoxy) is 1. The largest absolute Gasteiger partial charge is 0.507 e. The SMILES string of the molecule is CCOC(O)[C@H](C)CN1CCC[C@@H](Nc2cc(C)c(-c3ccc(C(F)(F)F)cc3O)nn2)C1. The minimum Gasteiger partial charge on any atom is -0.507 e. The van der Waals surface area contributed by atoms with Gasteiger partial charge in [-0.05, 0) is 63.1 Å². The van der Waals surface area contributed by atoms with Crippen LogP contribution >= 0.6 is 0 Å². The lowest BCUT2D eigenvalue weighted by Crippen LogP contribution is -2.45. The number of hydrogen-bond acceptors (Lipinski definition) is 7. The lowest BCUT2D eigenvalue weighted by Gasteiger charge is -2.35. The summed E-state index contributed by atoms with van der Waals surface area (Å²) >= 11 is 0. The second kappa shape index (κ2) is 10.7. The molecule has 0 saturated carbocycles. The number of phenols is 1. The van der Waals surface area contributed by atoms with Crippen LogP contribution in [0.25, 0.3) is 11.3 Å². The number of aryl methyl sites for hydroxylation is 1. The Morgan fingerprint density at radius 2 is 2.03 bits per heavy atom. The van der Waals surface area contributed by atoms with Crippen LogP contribution < -0.4 is 5.32 Å². The molecular formula is C23H31F3N4O3. The predicted octanol–water partition coefficient (Wildman–Crippen LogP) is 4.04. The van der Waals surface area contributed by atoms with Crippen LogP contribution in [0.5, 0.6) is 5.75 Å². The minimum atomic E-state index is -4.53. The number of phenolic OH excluding ortho intramolecular Hbond substituents is 1. The normalized spacial score (nSPS) is 19.3. The first-order valence-electron chi connectivity index (χ1n) is 11.1. The molecule has 0 amide bonds. The molecule has 0 spiro atoms. The van der Waals surface area contributed by atoms with Gasteiger partial charge in [-0.15, -0.1) is 10.2 Å². The molecule has 182 valence electrons. The molecule has 1 aromatic carbocycles. The molecule has 33 heavy (non-hydrogen) atoms. The molecule has 3 N–H and O–H groups in total. The topological polar surface area (TPSA) is 90.7 Å². The molecule has 1 aliphatic heterocycles. The molecule has 10 heteroatoms. The summed E-state index contributed by atoms with van der Waals surface area (Å²) in [5, 5.41) is 31.9. The smallest absolute Gasteiger partial charge is 0.416 e. The summed E-state index contributed by atoms with van der Waals surface area (Å²) in [6.07, 6.45) is -3.36. The number of aliphatic hydroxyl groups is 1. The van der Waals surface area contributed by atoms with Crippen LogP contribution in [-0.4, -0.2) is 63.9 Å². The van der Waals surface area contributed by atoms with Crippen LogP contribution in [0.1, 0.15) is 37.8 Å². The standard InChI is InChI=1S/C23H31F3N4O3/c1-4-33-22(32)15(3)12-30-9-5-6-17(13-30)27-20-10-14(2)21(29-28-20)18-8-7-16(11-19(18)31)23(24,25)26/h7-8,10-11,15,17,22,31-32H,4-6,9,12-13H2,1-3H3,(H,27,28)/t15-,17-,22?/m1/s1. The average molecular weight is 469 g/mol. The van der Waals surface area contributed by atoms with Crippen molar-refractivity contribution >= 4 is 5.82 Å². The van der Waals surface area contributed by atoms with Crippen molar-refractivity contribution in [1.29, 1.82) is 0 Å². The Balaban J connectivity index is 1.66. The first-order chi connectivity index (χ1) is 15.6. The fraction of sp³-hybridized carbons (Fsp3) is 0.565. The number of anilines is 1. The molecule has 3 atom stereocenters. The van der Waals surface area contributed by atoms with Gasteiger partial charge in [0.1, 0.15) is 11.6 Å². The van der Waals surface area contributed by atoms with Gasteiger partial charge in [0.2, 0.25) is 0 Å². The van der Waals surface area contributed by atoms with Gasteiger partial charge in [0.05, 0.1) is 11.3 Å². The van der Waals surface area contributed by atoms with E-state index in [1.54, 1.807) is 13.0 Å². The zero-order valence-corrected chi connectivity index (χ0v) is 19.1. The van der Waals surface area contributed by atoms with E-state index in [0.717, 1.165) is 38.5 Å². The van der Waals surface area contributed by atoms with Crippen molar-refractivity contribution in [2.45, 2.75) is 52.1 Å². The van der Waals surface area contributed by atoms with Gasteiger partial charge in [0.15, 0.2) is 6.29 Å². The fourth-order valence-electron chi connectivity index (χ4n) is 4.11. The number of piperidine rings is 1. The van der Waals surface area contributed by atoms with Gasteiger partial charge in [-0.2, -0.15) is 13.2 Å². The summed E-state index contributed by atoms with van der Waals surface area (Å²) in [6.45, 7) is 8.50. The Hall–Kier alpha value is -2.43. The summed E-state index contributed by atoms with van der Waals surface area (Å²) in [5.41, 5.74) is 0.294. The number of aromatic nitrogens is 2. The van der Waals surface area contributed by atoms with Crippen LogP contribution in [0, 0.1) is 12.8 Å². The second-order valence-corrected chi connectivity index (χ2v) is 8.56. The highest BCUT2D eigenvalue weighted by atomic mass is 19.4. The number of alkyl halides is 3. The van der Waals surface area contributed by atoms with Gasteiger partial charge in [-0.1, -0.05) is 6.92 Å². The van der Waals surface area contributed by atoms with Crippen molar-refractivity contribution < 1.29 is 28.1 Å². The van der Waals surface area contributed by atoms with Gasteiger partial charge in [0.25, 0.3) is 0 Å². The van der Waals surface area contributed by atoms with Crippen molar-refractivity contribution in [3.63, 3.8) is 0 Å². The summed E-state index contributed by atoms with van der Waals surface area (Å²) in [4.78, 5) is 2.28. The molecule has 2 aromatic rings. The highest BCUT2D eigenvalue weighted by Crippen LogP contribution is 2.36. The zero-order chi connectivity index (χ0) is 24.2. The molecule has 0 bridgehead atoms. The van der Waals surface area contributed by atoms with Crippen LogP contribution in [0.15, 0.2) is 24.3 Å². The highest BCUT2D eigenvalue weighted by Gasteiger charge is 2.31. The van der Waals surface area contributed by atoms with E-state index in [1.165, 1.54) is 6.07 Å². The third-order valence-electron chi connectivity index (χ3n) is 5.79. The zero-order valence-electron chi connectivity index (χ0n) is 19.1. The van der Waals surface area contributed by atoms with Crippen LogP contribution in [0.4, 0.5) is 19.0 Å². The van der Waals surface area contributed by atoms with Crippen molar-refractivity contribution in [3.8, 4) is 17.0 Å². The first kappa shape index (κ1) is 25.2. The average Bonchev–Trinajstić information content (AvgIpc) is 2.74. The molecule has 3 rings (SSSR count). The number of hydrogen-bond donors (Lipinski definition) is 3. The van der Waals surface area contributed by atoms with Crippen LogP contribution in [-0.2, 0) is 10.9 Å². The van der Waals surface area contributed by atoms with E-state index in [-0.39, 0.29) is 17.5 Å². The molecule has 1 fully saturated rings. The number of benzene rings is 1. The molecule has 1 saturated heterocycles. The summed E-state index contributed by atoms with van der Waals surface area (Å²) in [6, 6.07) is 4.75. The van der Waals surface area contributed by atoms with Gasteiger partial charge in [-0.25, -0.2) is 0 Å². The Morgan fingerprint density at radius 1 is 1.27 bits per heavy atom. The third-order valence-corrected chi connectivity index (χ3v) is 5.79. The summed E-state index contributed by atoms with van der Waals surface area (Å²) < 4.78 is 43.9. The lowest BCUT2D eigenvalue weighted by molar-refractivity contribution is -0.137. The monoisotopic (exact) mass is 468 g/mol. The summed E-state index contributed by atoms with van der Waals surface area (Å²) in [7, 11) is 0. The number of halogens is 3. The molecule has 2 heterocycles. The van der Waals surface area contributed by atoms with Crippen molar-refractivity contribution in [1.82, 2.24) is 15.1 Å². The van der Waals surface area contributed by atoms with E-state index in [1.807, 2.05) is 13.8 Å². The first-order valence-corrected chi connectivity index (χ1v) is 11.1.